The highest BCUT2D eigenvalue weighted by Crippen LogP contribution is 2.58. The third-order valence-corrected chi connectivity index (χ3v) is 6.19. The molecule has 0 amide bonds. The van der Waals surface area contributed by atoms with Crippen molar-refractivity contribution in [3.8, 4) is 5.75 Å². The van der Waals surface area contributed by atoms with Crippen molar-refractivity contribution in [2.45, 2.75) is 38.5 Å². The molecular formula is C17H19BrO3. The molecule has 1 aliphatic heterocycles. The average Bonchev–Trinajstić information content (AvgIpc) is 3.12. The van der Waals surface area contributed by atoms with E-state index < -0.39 is 11.4 Å². The maximum atomic E-state index is 12.1. The van der Waals surface area contributed by atoms with Crippen molar-refractivity contribution in [3.63, 3.8) is 0 Å². The zero-order valence-corrected chi connectivity index (χ0v) is 13.5. The van der Waals surface area contributed by atoms with Crippen LogP contribution in [0.1, 0.15) is 36.8 Å². The quantitative estimate of drug-likeness (QED) is 0.901. The Hall–Kier alpha value is -1.03. The Kier molecular flexibility index (Phi) is 3.07. The highest BCUT2D eigenvalue weighted by molar-refractivity contribution is 9.10. The summed E-state index contributed by atoms with van der Waals surface area (Å²) >= 11 is 3.56. The third kappa shape index (κ3) is 2.02. The van der Waals surface area contributed by atoms with Crippen LogP contribution in [0.3, 0.4) is 0 Å². The van der Waals surface area contributed by atoms with Gasteiger partial charge in [-0.1, -0.05) is 22.4 Å². The Labute approximate surface area is 132 Å². The maximum absolute atomic E-state index is 12.1. The van der Waals surface area contributed by atoms with E-state index in [2.05, 4.69) is 28.1 Å². The van der Waals surface area contributed by atoms with Crippen LogP contribution in [0.4, 0.5) is 0 Å². The third-order valence-electron chi connectivity index (χ3n) is 5.73. The first kappa shape index (κ1) is 13.6. The number of benzene rings is 1. The fourth-order valence-corrected chi connectivity index (χ4v) is 5.37. The van der Waals surface area contributed by atoms with Gasteiger partial charge in [0.1, 0.15) is 5.75 Å². The van der Waals surface area contributed by atoms with E-state index in [1.165, 1.54) is 12.0 Å². The van der Waals surface area contributed by atoms with Gasteiger partial charge in [0.15, 0.2) is 0 Å². The molecule has 4 rings (SSSR count). The first-order valence-electron chi connectivity index (χ1n) is 7.76. The maximum Gasteiger partial charge on any atom is 0.310 e. The molecule has 21 heavy (non-hydrogen) atoms. The van der Waals surface area contributed by atoms with Gasteiger partial charge in [-0.05, 0) is 60.8 Å². The Morgan fingerprint density at radius 3 is 2.95 bits per heavy atom. The number of aliphatic carboxylic acids is 1. The topological polar surface area (TPSA) is 46.5 Å². The van der Waals surface area contributed by atoms with E-state index in [9.17, 15) is 9.90 Å². The van der Waals surface area contributed by atoms with Gasteiger partial charge in [-0.15, -0.1) is 0 Å². The van der Waals surface area contributed by atoms with E-state index in [1.807, 2.05) is 0 Å². The summed E-state index contributed by atoms with van der Waals surface area (Å²) in [5, 5.41) is 9.91. The molecule has 112 valence electrons. The molecule has 0 spiro atoms. The van der Waals surface area contributed by atoms with Crippen LogP contribution in [0.25, 0.3) is 0 Å². The Balaban J connectivity index is 1.73. The molecule has 4 heteroatoms. The minimum atomic E-state index is -0.610. The van der Waals surface area contributed by atoms with Crippen molar-refractivity contribution in [2.75, 3.05) is 6.61 Å². The van der Waals surface area contributed by atoms with E-state index in [0.717, 1.165) is 41.5 Å². The van der Waals surface area contributed by atoms with Crippen molar-refractivity contribution < 1.29 is 14.6 Å². The van der Waals surface area contributed by atoms with Crippen molar-refractivity contribution in [3.05, 3.63) is 27.7 Å². The van der Waals surface area contributed by atoms with Crippen LogP contribution in [0.15, 0.2) is 16.6 Å². The Morgan fingerprint density at radius 1 is 1.43 bits per heavy atom. The van der Waals surface area contributed by atoms with Crippen LogP contribution in [0, 0.1) is 17.3 Å². The van der Waals surface area contributed by atoms with Gasteiger partial charge in [0, 0.05) is 10.9 Å². The molecule has 3 aliphatic rings. The van der Waals surface area contributed by atoms with Gasteiger partial charge in [0.2, 0.25) is 0 Å². The van der Waals surface area contributed by atoms with Crippen LogP contribution in [0.2, 0.25) is 0 Å². The van der Waals surface area contributed by atoms with Gasteiger partial charge < -0.3 is 9.84 Å². The number of hydrogen-bond acceptors (Lipinski definition) is 2. The smallest absolute Gasteiger partial charge is 0.310 e. The van der Waals surface area contributed by atoms with Crippen LogP contribution in [0.5, 0.6) is 5.75 Å². The first-order valence-corrected chi connectivity index (χ1v) is 8.55. The molecule has 1 heterocycles. The summed E-state index contributed by atoms with van der Waals surface area (Å²) < 4.78 is 6.82. The minimum absolute atomic E-state index is 0.344. The molecule has 1 aromatic rings. The van der Waals surface area contributed by atoms with Gasteiger partial charge in [-0.25, -0.2) is 0 Å². The van der Waals surface area contributed by atoms with Crippen molar-refractivity contribution in [1.29, 1.82) is 0 Å². The lowest BCUT2D eigenvalue weighted by Gasteiger charge is -2.34. The summed E-state index contributed by atoms with van der Waals surface area (Å²) in [4.78, 5) is 12.1. The van der Waals surface area contributed by atoms with E-state index in [1.54, 1.807) is 0 Å². The molecule has 2 saturated carbocycles. The fourth-order valence-electron chi connectivity index (χ4n) is 4.82. The molecule has 0 saturated heterocycles. The summed E-state index contributed by atoms with van der Waals surface area (Å²) in [6.45, 7) is 0.713. The van der Waals surface area contributed by atoms with Gasteiger partial charge in [0.05, 0.1) is 12.0 Å². The molecule has 1 aromatic carbocycles. The lowest BCUT2D eigenvalue weighted by atomic mass is 9.69. The molecule has 3 nitrogen and oxygen atoms in total. The molecule has 2 aliphatic carbocycles. The van der Waals surface area contributed by atoms with E-state index in [0.29, 0.717) is 24.9 Å². The average molecular weight is 351 g/mol. The molecule has 3 atom stereocenters. The van der Waals surface area contributed by atoms with Crippen LogP contribution in [-0.4, -0.2) is 17.7 Å². The lowest BCUT2D eigenvalue weighted by molar-refractivity contribution is -0.152. The number of halogens is 1. The lowest BCUT2D eigenvalue weighted by Crippen LogP contribution is -2.38. The van der Waals surface area contributed by atoms with Crippen LogP contribution in [-0.2, 0) is 17.6 Å². The highest BCUT2D eigenvalue weighted by Gasteiger charge is 2.55. The van der Waals surface area contributed by atoms with Crippen molar-refractivity contribution in [1.82, 2.24) is 0 Å². The van der Waals surface area contributed by atoms with E-state index in [-0.39, 0.29) is 0 Å². The van der Waals surface area contributed by atoms with Crippen molar-refractivity contribution >= 4 is 21.9 Å². The second-order valence-corrected chi connectivity index (χ2v) is 7.79. The molecule has 0 aromatic heterocycles. The second-order valence-electron chi connectivity index (χ2n) is 6.87. The first-order chi connectivity index (χ1) is 10.1. The molecule has 3 unspecified atom stereocenters. The summed E-state index contributed by atoms with van der Waals surface area (Å²) in [6.07, 6.45) is 5.78. The number of carboxylic acid groups (broad SMARTS) is 1. The summed E-state index contributed by atoms with van der Waals surface area (Å²) in [7, 11) is 0. The second kappa shape index (κ2) is 4.73. The van der Waals surface area contributed by atoms with Crippen LogP contribution >= 0.6 is 15.9 Å². The number of carboxylic acids is 1. The minimum Gasteiger partial charge on any atom is -0.493 e. The van der Waals surface area contributed by atoms with Crippen molar-refractivity contribution in [2.24, 2.45) is 17.3 Å². The Bertz CT molecular complexity index is 612. The molecule has 2 fully saturated rings. The number of rotatable bonds is 3. The summed E-state index contributed by atoms with van der Waals surface area (Å²) in [5.41, 5.74) is 1.72. The summed E-state index contributed by atoms with van der Waals surface area (Å²) in [6, 6.07) is 4.15. The number of ether oxygens (including phenoxy) is 1. The summed E-state index contributed by atoms with van der Waals surface area (Å²) in [5.74, 6) is 1.30. The van der Waals surface area contributed by atoms with Gasteiger partial charge in [-0.3, -0.25) is 4.79 Å². The monoisotopic (exact) mass is 350 g/mol. The number of hydrogen-bond donors (Lipinski definition) is 1. The predicted molar refractivity (Wildman–Crippen MR) is 82.6 cm³/mol. The van der Waals surface area contributed by atoms with Gasteiger partial charge in [-0.2, -0.15) is 0 Å². The van der Waals surface area contributed by atoms with Gasteiger partial charge in [0.25, 0.3) is 0 Å². The SMILES string of the molecule is O=C(O)C1(Cc2cc(Br)cc3c2OCC3)CC2CCC1C2. The molecule has 0 radical (unpaired) electrons. The molecule has 1 N–H and O–H groups in total. The highest BCUT2D eigenvalue weighted by atomic mass is 79.9. The largest absolute Gasteiger partial charge is 0.493 e. The number of carbonyl (C=O) groups is 1. The molecular weight excluding hydrogens is 332 g/mol. The number of fused-ring (bicyclic) bond motifs is 3. The van der Waals surface area contributed by atoms with E-state index >= 15 is 0 Å². The van der Waals surface area contributed by atoms with E-state index in [4.69, 9.17) is 4.74 Å². The standard InChI is InChI=1S/C17H19BrO3/c18-14-6-11-3-4-21-15(11)12(7-14)9-17(16(19)20)8-10-1-2-13(17)5-10/h6-7,10,13H,1-5,8-9H2,(H,19,20). The Morgan fingerprint density at radius 2 is 2.29 bits per heavy atom. The molecule has 2 bridgehead atoms. The fraction of sp³-hybridized carbons (Fsp3) is 0.588. The normalized spacial score (nSPS) is 33.0. The predicted octanol–water partition coefficient (Wildman–Crippen LogP) is 3.82. The van der Waals surface area contributed by atoms with Gasteiger partial charge >= 0.3 is 5.97 Å². The zero-order valence-electron chi connectivity index (χ0n) is 11.9. The zero-order chi connectivity index (χ0) is 14.6. The van der Waals surface area contributed by atoms with Crippen LogP contribution < -0.4 is 4.74 Å².